The molecule has 1 aromatic rings. The van der Waals surface area contributed by atoms with E-state index in [4.69, 9.17) is 9.98 Å². The van der Waals surface area contributed by atoms with Gasteiger partial charge in [0.25, 0.3) is 0 Å². The standard InChI is InChI=1S/C30H32N4/c1-34-29-25-9-5-17-32-27(25)26-24(8-4-16-31-26)28(29)33-30(34)21-13-10-20(11-14-21)23-15-12-19-6-2-3-7-22(19)18-23/h2-4,6-8,10-11,13-16,18-19,24-29,32H,5,9,12,17H2,1H3/t19?,24?,25?,26?,27?,28-,29?/m0/s1. The molecule has 3 aliphatic heterocycles. The molecule has 4 nitrogen and oxygen atoms in total. The number of rotatable bonds is 2. The predicted molar refractivity (Wildman–Crippen MR) is 140 cm³/mol. The fourth-order valence-corrected chi connectivity index (χ4v) is 7.17. The van der Waals surface area contributed by atoms with Crippen molar-refractivity contribution in [2.75, 3.05) is 13.6 Å². The number of dihydropyridines is 1. The van der Waals surface area contributed by atoms with Crippen molar-refractivity contribution >= 4 is 17.6 Å². The molecule has 0 amide bonds. The van der Waals surface area contributed by atoms with Crippen LogP contribution in [-0.4, -0.2) is 54.7 Å². The maximum Gasteiger partial charge on any atom is 0.131 e. The molecular weight excluding hydrogens is 416 g/mol. The minimum Gasteiger partial charge on any atom is -0.354 e. The van der Waals surface area contributed by atoms with Gasteiger partial charge in [0.1, 0.15) is 5.84 Å². The summed E-state index contributed by atoms with van der Waals surface area (Å²) < 4.78 is 0. The average Bonchev–Trinajstić information content (AvgIpc) is 3.26. The third kappa shape index (κ3) is 3.15. The van der Waals surface area contributed by atoms with Gasteiger partial charge in [-0.25, -0.2) is 0 Å². The quantitative estimate of drug-likeness (QED) is 0.720. The molecule has 3 heterocycles. The second kappa shape index (κ2) is 8.06. The van der Waals surface area contributed by atoms with Crippen molar-refractivity contribution in [2.24, 2.45) is 27.7 Å². The number of piperidine rings is 1. The van der Waals surface area contributed by atoms with Crippen molar-refractivity contribution < 1.29 is 0 Å². The molecule has 1 saturated heterocycles. The Bertz CT molecular complexity index is 1190. The SMILES string of the molecule is CN1C(c2ccc(C3=CCC4C=CC=CC4=C3)cc2)=N[C@H]2C3C=CC=NC3C3NCCCC3C21. The fraction of sp³-hybridized carbons (Fsp3) is 0.400. The van der Waals surface area contributed by atoms with Crippen LogP contribution < -0.4 is 5.32 Å². The molecular formula is C30H32N4. The zero-order valence-corrected chi connectivity index (χ0v) is 19.7. The number of benzene rings is 1. The van der Waals surface area contributed by atoms with Crippen LogP contribution in [0.15, 0.2) is 88.4 Å². The maximum atomic E-state index is 5.38. The first-order valence-electron chi connectivity index (χ1n) is 12.9. The van der Waals surface area contributed by atoms with E-state index in [1.54, 1.807) is 0 Å². The summed E-state index contributed by atoms with van der Waals surface area (Å²) in [5, 5.41) is 3.83. The minimum absolute atomic E-state index is 0.286. The number of fused-ring (bicyclic) bond motifs is 7. The van der Waals surface area contributed by atoms with E-state index in [-0.39, 0.29) is 6.04 Å². The Morgan fingerprint density at radius 1 is 1.00 bits per heavy atom. The normalized spacial score (nSPS) is 37.3. The number of allylic oxidation sites excluding steroid dienone is 9. The van der Waals surface area contributed by atoms with Gasteiger partial charge in [-0.15, -0.1) is 0 Å². The van der Waals surface area contributed by atoms with E-state index in [0.717, 1.165) is 18.8 Å². The summed E-state index contributed by atoms with van der Waals surface area (Å²) >= 11 is 0. The molecule has 0 bridgehead atoms. The van der Waals surface area contributed by atoms with E-state index >= 15 is 0 Å². The van der Waals surface area contributed by atoms with E-state index in [1.807, 2.05) is 6.21 Å². The van der Waals surface area contributed by atoms with Crippen LogP contribution in [0.3, 0.4) is 0 Å². The fourth-order valence-electron chi connectivity index (χ4n) is 7.17. The van der Waals surface area contributed by atoms with Crippen molar-refractivity contribution in [3.63, 3.8) is 0 Å². The second-order valence-electron chi connectivity index (χ2n) is 10.5. The third-order valence-corrected chi connectivity index (χ3v) is 8.79. The Hall–Kier alpha value is -2.98. The van der Waals surface area contributed by atoms with E-state index < -0.39 is 0 Å². The molecule has 4 heteroatoms. The minimum atomic E-state index is 0.286. The Kier molecular flexibility index (Phi) is 4.83. The Balaban J connectivity index is 1.18. The van der Waals surface area contributed by atoms with Gasteiger partial charge in [-0.3, -0.25) is 9.98 Å². The molecule has 172 valence electrons. The van der Waals surface area contributed by atoms with Crippen LogP contribution in [0.4, 0.5) is 0 Å². The Morgan fingerprint density at radius 3 is 2.79 bits per heavy atom. The first kappa shape index (κ1) is 20.4. The Labute approximate surface area is 202 Å². The highest BCUT2D eigenvalue weighted by Gasteiger charge is 2.54. The van der Waals surface area contributed by atoms with Gasteiger partial charge in [0.15, 0.2) is 0 Å². The molecule has 0 aromatic heterocycles. The van der Waals surface area contributed by atoms with E-state index in [2.05, 4.69) is 90.1 Å². The molecule has 0 spiro atoms. The molecule has 1 aromatic carbocycles. The van der Waals surface area contributed by atoms with Gasteiger partial charge in [0, 0.05) is 36.7 Å². The van der Waals surface area contributed by atoms with Gasteiger partial charge in [-0.1, -0.05) is 66.8 Å². The number of hydrogen-bond acceptors (Lipinski definition) is 4. The zero-order chi connectivity index (χ0) is 22.6. The molecule has 1 N–H and O–H groups in total. The lowest BCUT2D eigenvalue weighted by Gasteiger charge is -2.51. The molecule has 6 unspecified atom stereocenters. The van der Waals surface area contributed by atoms with Crippen molar-refractivity contribution in [1.82, 2.24) is 10.2 Å². The van der Waals surface area contributed by atoms with Crippen LogP contribution in [0.2, 0.25) is 0 Å². The van der Waals surface area contributed by atoms with Gasteiger partial charge in [0.2, 0.25) is 0 Å². The third-order valence-electron chi connectivity index (χ3n) is 8.79. The average molecular weight is 449 g/mol. The summed E-state index contributed by atoms with van der Waals surface area (Å²) in [4.78, 5) is 12.8. The molecule has 7 rings (SSSR count). The van der Waals surface area contributed by atoms with E-state index in [9.17, 15) is 0 Å². The summed E-state index contributed by atoms with van der Waals surface area (Å²) in [6.45, 7) is 1.11. The lowest BCUT2D eigenvalue weighted by molar-refractivity contribution is 0.0768. The summed E-state index contributed by atoms with van der Waals surface area (Å²) in [6.07, 6.45) is 23.7. The molecule has 3 aliphatic carbocycles. The van der Waals surface area contributed by atoms with Crippen molar-refractivity contribution in [3.8, 4) is 0 Å². The van der Waals surface area contributed by atoms with Crippen LogP contribution in [0.1, 0.15) is 30.4 Å². The van der Waals surface area contributed by atoms with Gasteiger partial charge < -0.3 is 10.2 Å². The topological polar surface area (TPSA) is 40.0 Å². The summed E-state index contributed by atoms with van der Waals surface area (Å²) in [5.41, 5.74) is 5.26. The number of nitrogens with one attached hydrogen (secondary N) is 1. The summed E-state index contributed by atoms with van der Waals surface area (Å²) in [6, 6.07) is 10.6. The van der Waals surface area contributed by atoms with Gasteiger partial charge in [-0.2, -0.15) is 0 Å². The maximum absolute atomic E-state index is 5.38. The number of likely N-dealkylation sites (N-methyl/N-ethyl adjacent to an activating group) is 1. The Morgan fingerprint density at radius 2 is 1.88 bits per heavy atom. The second-order valence-corrected chi connectivity index (χ2v) is 10.5. The summed E-state index contributed by atoms with van der Waals surface area (Å²) in [7, 11) is 2.26. The molecule has 1 saturated carbocycles. The molecule has 0 radical (unpaired) electrons. The molecule has 6 aliphatic rings. The van der Waals surface area contributed by atoms with E-state index in [0.29, 0.717) is 35.9 Å². The molecule has 2 fully saturated rings. The first-order chi connectivity index (χ1) is 16.8. The first-order valence-corrected chi connectivity index (χ1v) is 12.9. The van der Waals surface area contributed by atoms with Crippen LogP contribution in [0.5, 0.6) is 0 Å². The van der Waals surface area contributed by atoms with Gasteiger partial charge in [-0.05, 0) is 54.5 Å². The van der Waals surface area contributed by atoms with E-state index in [1.165, 1.54) is 35.1 Å². The monoisotopic (exact) mass is 448 g/mol. The summed E-state index contributed by atoms with van der Waals surface area (Å²) in [5.74, 6) is 2.66. The van der Waals surface area contributed by atoms with Crippen molar-refractivity contribution in [2.45, 2.75) is 43.4 Å². The van der Waals surface area contributed by atoms with Crippen molar-refractivity contribution in [3.05, 3.63) is 89.6 Å². The largest absolute Gasteiger partial charge is 0.354 e. The lowest BCUT2D eigenvalue weighted by atomic mass is 9.65. The number of hydrogen-bond donors (Lipinski definition) is 1. The van der Waals surface area contributed by atoms with Gasteiger partial charge >= 0.3 is 0 Å². The highest BCUT2D eigenvalue weighted by Crippen LogP contribution is 2.44. The van der Waals surface area contributed by atoms with Crippen LogP contribution in [0.25, 0.3) is 5.57 Å². The van der Waals surface area contributed by atoms with Crippen LogP contribution in [0, 0.1) is 17.8 Å². The lowest BCUT2D eigenvalue weighted by Crippen LogP contribution is -2.65. The smallest absolute Gasteiger partial charge is 0.131 e. The van der Waals surface area contributed by atoms with Crippen LogP contribution >= 0.6 is 0 Å². The highest BCUT2D eigenvalue weighted by atomic mass is 15.3. The zero-order valence-electron chi connectivity index (χ0n) is 19.7. The number of amidine groups is 1. The number of aliphatic imine (C=N–C) groups is 2. The van der Waals surface area contributed by atoms with Crippen LogP contribution in [-0.2, 0) is 0 Å². The number of nitrogens with zero attached hydrogens (tertiary/aromatic N) is 3. The molecule has 7 atom stereocenters. The van der Waals surface area contributed by atoms with Crippen molar-refractivity contribution in [1.29, 1.82) is 0 Å². The molecule has 34 heavy (non-hydrogen) atoms. The highest BCUT2D eigenvalue weighted by molar-refractivity contribution is 6.00. The predicted octanol–water partition coefficient (Wildman–Crippen LogP) is 4.58. The van der Waals surface area contributed by atoms with Gasteiger partial charge in [0.05, 0.1) is 18.1 Å².